The lowest BCUT2D eigenvalue weighted by Gasteiger charge is -2.29. The molecule has 27 heavy (non-hydrogen) atoms. The van der Waals surface area contributed by atoms with E-state index in [-0.39, 0.29) is 11.9 Å². The van der Waals surface area contributed by atoms with E-state index in [1.807, 2.05) is 48.5 Å². The van der Waals surface area contributed by atoms with Crippen LogP contribution in [0.4, 0.5) is 5.69 Å². The van der Waals surface area contributed by atoms with E-state index in [0.717, 1.165) is 56.1 Å². The fraction of sp³-hybridized carbons (Fsp3) is 0.409. The fourth-order valence-electron chi connectivity index (χ4n) is 3.58. The quantitative estimate of drug-likeness (QED) is 0.851. The predicted octanol–water partition coefficient (Wildman–Crippen LogP) is 3.41. The third-order valence-corrected chi connectivity index (χ3v) is 5.36. The van der Waals surface area contributed by atoms with Crippen LogP contribution in [0.5, 0.6) is 5.75 Å². The van der Waals surface area contributed by atoms with E-state index in [4.69, 9.17) is 9.47 Å². The van der Waals surface area contributed by atoms with Gasteiger partial charge in [-0.3, -0.25) is 4.79 Å². The zero-order valence-electron chi connectivity index (χ0n) is 15.7. The highest BCUT2D eigenvalue weighted by molar-refractivity contribution is 5.94. The molecule has 1 aliphatic heterocycles. The van der Waals surface area contributed by atoms with E-state index < -0.39 is 0 Å². The second-order valence-electron chi connectivity index (χ2n) is 7.21. The van der Waals surface area contributed by atoms with Crippen LogP contribution < -0.4 is 15.0 Å². The molecule has 2 fully saturated rings. The average Bonchev–Trinajstić information content (AvgIpc) is 3.58. The van der Waals surface area contributed by atoms with Crippen LogP contribution in [0.15, 0.2) is 48.5 Å². The van der Waals surface area contributed by atoms with Gasteiger partial charge in [0.2, 0.25) is 0 Å². The molecule has 4 rings (SSSR count). The summed E-state index contributed by atoms with van der Waals surface area (Å²) in [5, 5.41) is 3.23. The summed E-state index contributed by atoms with van der Waals surface area (Å²) in [6.07, 6.45) is 2.32. The van der Waals surface area contributed by atoms with Gasteiger partial charge in [0.1, 0.15) is 5.75 Å². The maximum atomic E-state index is 12.8. The van der Waals surface area contributed by atoms with Crippen molar-refractivity contribution >= 4 is 11.6 Å². The first-order valence-corrected chi connectivity index (χ1v) is 9.62. The Morgan fingerprint density at radius 2 is 1.74 bits per heavy atom. The monoisotopic (exact) mass is 366 g/mol. The number of morpholine rings is 1. The molecule has 0 radical (unpaired) electrons. The maximum absolute atomic E-state index is 12.8. The van der Waals surface area contributed by atoms with Gasteiger partial charge in [-0.05, 0) is 60.7 Å². The Labute approximate surface area is 160 Å². The second kappa shape index (κ2) is 8.01. The number of carbonyl (C=O) groups excluding carboxylic acids is 1. The summed E-state index contributed by atoms with van der Waals surface area (Å²) in [6.45, 7) is 3.31. The predicted molar refractivity (Wildman–Crippen MR) is 105 cm³/mol. The van der Waals surface area contributed by atoms with E-state index in [9.17, 15) is 4.79 Å². The number of carbonyl (C=O) groups is 1. The molecule has 2 aromatic carbocycles. The summed E-state index contributed by atoms with van der Waals surface area (Å²) in [6, 6.07) is 15.9. The Morgan fingerprint density at radius 1 is 1.07 bits per heavy atom. The van der Waals surface area contributed by atoms with Crippen LogP contribution in [0.3, 0.4) is 0 Å². The normalized spacial score (nSPS) is 18.0. The summed E-state index contributed by atoms with van der Waals surface area (Å²) >= 11 is 0. The number of anilines is 1. The van der Waals surface area contributed by atoms with Gasteiger partial charge in [-0.1, -0.05) is 12.1 Å². The highest BCUT2D eigenvalue weighted by atomic mass is 16.5. The minimum Gasteiger partial charge on any atom is -0.497 e. The topological polar surface area (TPSA) is 50.8 Å². The molecule has 5 nitrogen and oxygen atoms in total. The van der Waals surface area contributed by atoms with Crippen LogP contribution in [0, 0.1) is 5.92 Å². The molecule has 0 aromatic heterocycles. The molecular weight excluding hydrogens is 340 g/mol. The number of ether oxygens (including phenoxy) is 2. The van der Waals surface area contributed by atoms with Crippen molar-refractivity contribution in [3.8, 4) is 5.75 Å². The van der Waals surface area contributed by atoms with E-state index >= 15 is 0 Å². The molecular formula is C22H26N2O3. The summed E-state index contributed by atoms with van der Waals surface area (Å²) < 4.78 is 10.6. The zero-order valence-corrected chi connectivity index (χ0v) is 15.7. The van der Waals surface area contributed by atoms with Crippen molar-refractivity contribution in [2.75, 3.05) is 38.3 Å². The van der Waals surface area contributed by atoms with Crippen LogP contribution in [-0.2, 0) is 4.74 Å². The second-order valence-corrected chi connectivity index (χ2v) is 7.21. The lowest BCUT2D eigenvalue weighted by atomic mass is 10.0. The maximum Gasteiger partial charge on any atom is 0.251 e. The van der Waals surface area contributed by atoms with Crippen molar-refractivity contribution in [2.24, 2.45) is 5.92 Å². The molecule has 1 amide bonds. The zero-order chi connectivity index (χ0) is 18.6. The van der Waals surface area contributed by atoms with Gasteiger partial charge in [-0.25, -0.2) is 0 Å². The van der Waals surface area contributed by atoms with Gasteiger partial charge in [0.25, 0.3) is 5.91 Å². The highest BCUT2D eigenvalue weighted by Crippen LogP contribution is 2.41. The SMILES string of the molecule is COc1ccc(C(NC(=O)c2ccc(N3CCOCC3)cc2)C2CC2)cc1. The smallest absolute Gasteiger partial charge is 0.251 e. The van der Waals surface area contributed by atoms with Crippen molar-refractivity contribution in [3.05, 3.63) is 59.7 Å². The number of benzene rings is 2. The van der Waals surface area contributed by atoms with E-state index in [1.165, 1.54) is 0 Å². The number of nitrogens with zero attached hydrogens (tertiary/aromatic N) is 1. The minimum atomic E-state index is -0.0174. The summed E-state index contributed by atoms with van der Waals surface area (Å²) in [5.74, 6) is 1.34. The number of methoxy groups -OCH3 is 1. The molecule has 1 saturated heterocycles. The third-order valence-electron chi connectivity index (χ3n) is 5.36. The molecule has 0 spiro atoms. The Balaban J connectivity index is 1.44. The van der Waals surface area contributed by atoms with E-state index in [2.05, 4.69) is 10.2 Å². The first kappa shape index (κ1) is 17.9. The Kier molecular flexibility index (Phi) is 5.30. The molecule has 1 aliphatic carbocycles. The summed E-state index contributed by atoms with van der Waals surface area (Å²) in [7, 11) is 1.66. The van der Waals surface area contributed by atoms with Gasteiger partial charge in [-0.2, -0.15) is 0 Å². The molecule has 0 bridgehead atoms. The first-order chi connectivity index (χ1) is 13.2. The molecule has 2 aliphatic rings. The van der Waals surface area contributed by atoms with Crippen molar-refractivity contribution in [2.45, 2.75) is 18.9 Å². The van der Waals surface area contributed by atoms with Crippen LogP contribution >= 0.6 is 0 Å². The standard InChI is InChI=1S/C22H26N2O3/c1-26-20-10-6-17(7-11-20)21(16-2-3-16)23-22(25)18-4-8-19(9-5-18)24-12-14-27-15-13-24/h4-11,16,21H,2-3,12-15H2,1H3,(H,23,25). The van der Waals surface area contributed by atoms with Crippen molar-refractivity contribution in [3.63, 3.8) is 0 Å². The number of amides is 1. The number of rotatable bonds is 6. The van der Waals surface area contributed by atoms with Crippen LogP contribution in [-0.4, -0.2) is 39.3 Å². The van der Waals surface area contributed by atoms with Gasteiger partial charge >= 0.3 is 0 Å². The molecule has 1 unspecified atom stereocenters. The van der Waals surface area contributed by atoms with Gasteiger partial charge in [0, 0.05) is 24.3 Å². The third kappa shape index (κ3) is 4.25. The van der Waals surface area contributed by atoms with Crippen molar-refractivity contribution in [1.82, 2.24) is 5.32 Å². The van der Waals surface area contributed by atoms with Crippen molar-refractivity contribution < 1.29 is 14.3 Å². The highest BCUT2D eigenvalue weighted by Gasteiger charge is 2.33. The molecule has 1 N–H and O–H groups in total. The van der Waals surface area contributed by atoms with E-state index in [1.54, 1.807) is 7.11 Å². The van der Waals surface area contributed by atoms with Crippen LogP contribution in [0.1, 0.15) is 34.8 Å². The Morgan fingerprint density at radius 3 is 2.33 bits per heavy atom. The molecule has 1 heterocycles. The van der Waals surface area contributed by atoms with Gasteiger partial charge < -0.3 is 19.7 Å². The Bertz CT molecular complexity index is 763. The molecule has 142 valence electrons. The number of hydrogen-bond acceptors (Lipinski definition) is 4. The lowest BCUT2D eigenvalue weighted by Crippen LogP contribution is -2.36. The van der Waals surface area contributed by atoms with Crippen LogP contribution in [0.2, 0.25) is 0 Å². The van der Waals surface area contributed by atoms with Crippen LogP contribution in [0.25, 0.3) is 0 Å². The molecule has 5 heteroatoms. The Hall–Kier alpha value is -2.53. The first-order valence-electron chi connectivity index (χ1n) is 9.62. The lowest BCUT2D eigenvalue weighted by molar-refractivity contribution is 0.0931. The van der Waals surface area contributed by atoms with E-state index in [0.29, 0.717) is 11.5 Å². The number of nitrogens with one attached hydrogen (secondary N) is 1. The van der Waals surface area contributed by atoms with Gasteiger partial charge in [-0.15, -0.1) is 0 Å². The summed E-state index contributed by atoms with van der Waals surface area (Å²) in [4.78, 5) is 15.1. The van der Waals surface area contributed by atoms with Gasteiger partial charge in [0.15, 0.2) is 0 Å². The summed E-state index contributed by atoms with van der Waals surface area (Å²) in [5.41, 5.74) is 2.98. The number of hydrogen-bond donors (Lipinski definition) is 1. The molecule has 1 atom stereocenters. The molecule has 2 aromatic rings. The van der Waals surface area contributed by atoms with Crippen molar-refractivity contribution in [1.29, 1.82) is 0 Å². The largest absolute Gasteiger partial charge is 0.497 e. The van der Waals surface area contributed by atoms with Gasteiger partial charge in [0.05, 0.1) is 26.4 Å². The average molecular weight is 366 g/mol. The minimum absolute atomic E-state index is 0.0174. The fourth-order valence-corrected chi connectivity index (χ4v) is 3.58. The molecule has 1 saturated carbocycles.